The highest BCUT2D eigenvalue weighted by atomic mass is 19.4. The lowest BCUT2D eigenvalue weighted by Crippen LogP contribution is -2.18. The number of hydrogen-bond acceptors (Lipinski definition) is 3. The molecule has 2 rings (SSSR count). The van der Waals surface area contributed by atoms with Gasteiger partial charge < -0.3 is 9.84 Å². The summed E-state index contributed by atoms with van der Waals surface area (Å²) >= 11 is 0. The van der Waals surface area contributed by atoms with Gasteiger partial charge in [0.15, 0.2) is 0 Å². The van der Waals surface area contributed by atoms with Gasteiger partial charge in [0, 0.05) is 5.56 Å². The van der Waals surface area contributed by atoms with Crippen LogP contribution in [0, 0.1) is 0 Å². The van der Waals surface area contributed by atoms with E-state index in [0.29, 0.717) is 11.3 Å². The molecule has 0 aliphatic rings. The van der Waals surface area contributed by atoms with Gasteiger partial charge in [-0.3, -0.25) is 4.74 Å². The van der Waals surface area contributed by atoms with E-state index in [4.69, 9.17) is 4.74 Å². The van der Waals surface area contributed by atoms with Crippen molar-refractivity contribution in [3.05, 3.63) is 42.0 Å². The van der Waals surface area contributed by atoms with Crippen LogP contribution in [0.1, 0.15) is 5.56 Å². The summed E-state index contributed by atoms with van der Waals surface area (Å²) in [6.45, 7) is -1.09. The van der Waals surface area contributed by atoms with E-state index in [0.717, 1.165) is 10.8 Å². The molecule has 0 spiro atoms. The van der Waals surface area contributed by atoms with E-state index in [1.54, 1.807) is 12.1 Å². The fourth-order valence-corrected chi connectivity index (χ4v) is 1.92. The lowest BCUT2D eigenvalue weighted by molar-refractivity contribution is -0.325. The minimum Gasteiger partial charge on any atom is -0.491 e. The molecule has 0 aliphatic heterocycles. The van der Waals surface area contributed by atoms with Crippen molar-refractivity contribution in [1.29, 1.82) is 0 Å². The number of aliphatic hydroxyl groups is 1. The van der Waals surface area contributed by atoms with Gasteiger partial charge in [-0.1, -0.05) is 30.3 Å². The van der Waals surface area contributed by atoms with Crippen molar-refractivity contribution in [3.8, 4) is 5.75 Å². The molecular formula is C14H13F3O3. The summed E-state index contributed by atoms with van der Waals surface area (Å²) in [6.07, 6.45) is -4.66. The van der Waals surface area contributed by atoms with Crippen LogP contribution in [0.25, 0.3) is 10.8 Å². The van der Waals surface area contributed by atoms with Crippen molar-refractivity contribution in [1.82, 2.24) is 0 Å². The summed E-state index contributed by atoms with van der Waals surface area (Å²) in [4.78, 5) is 0. The summed E-state index contributed by atoms with van der Waals surface area (Å²) in [7, 11) is 0. The van der Waals surface area contributed by atoms with Crippen LogP contribution in [0.4, 0.5) is 13.2 Å². The van der Waals surface area contributed by atoms with Crippen molar-refractivity contribution >= 4 is 10.8 Å². The molecule has 0 amide bonds. The summed E-state index contributed by atoms with van der Waals surface area (Å²) in [5.41, 5.74) is 0.551. The van der Waals surface area contributed by atoms with E-state index in [9.17, 15) is 18.3 Å². The molecule has 2 aromatic carbocycles. The standard InChI is InChI=1S/C14H13F3O3/c15-14(16,17)20-8-7-19-13-6-5-10-3-1-2-4-11(10)12(13)9-18/h1-6,18H,7-9H2. The maximum absolute atomic E-state index is 11.8. The second kappa shape index (κ2) is 6.11. The van der Waals surface area contributed by atoms with E-state index in [2.05, 4.69) is 4.74 Å². The SMILES string of the molecule is OCc1c(OCCOC(F)(F)F)ccc2ccccc12. The number of ether oxygens (including phenoxy) is 2. The molecule has 0 radical (unpaired) electrons. The molecule has 0 aromatic heterocycles. The Balaban J connectivity index is 2.10. The van der Waals surface area contributed by atoms with Crippen LogP contribution >= 0.6 is 0 Å². The van der Waals surface area contributed by atoms with Crippen molar-refractivity contribution in [3.63, 3.8) is 0 Å². The Hall–Kier alpha value is -1.79. The van der Waals surface area contributed by atoms with Gasteiger partial charge in [0.05, 0.1) is 13.2 Å². The van der Waals surface area contributed by atoms with Gasteiger partial charge in [0.1, 0.15) is 12.4 Å². The van der Waals surface area contributed by atoms with E-state index >= 15 is 0 Å². The van der Waals surface area contributed by atoms with Crippen LogP contribution in [0.5, 0.6) is 5.75 Å². The van der Waals surface area contributed by atoms with E-state index < -0.39 is 13.0 Å². The molecule has 0 fully saturated rings. The highest BCUT2D eigenvalue weighted by molar-refractivity contribution is 5.87. The largest absolute Gasteiger partial charge is 0.522 e. The summed E-state index contributed by atoms with van der Waals surface area (Å²) < 4.78 is 44.3. The number of rotatable bonds is 5. The summed E-state index contributed by atoms with van der Waals surface area (Å²) in [5, 5.41) is 11.1. The second-order valence-electron chi connectivity index (χ2n) is 4.06. The molecule has 0 heterocycles. The van der Waals surface area contributed by atoms with Crippen LogP contribution in [-0.2, 0) is 11.3 Å². The van der Waals surface area contributed by atoms with Gasteiger partial charge in [-0.25, -0.2) is 0 Å². The predicted octanol–water partition coefficient (Wildman–Crippen LogP) is 3.25. The zero-order chi connectivity index (χ0) is 14.6. The molecule has 20 heavy (non-hydrogen) atoms. The molecule has 3 nitrogen and oxygen atoms in total. The molecule has 0 aliphatic carbocycles. The van der Waals surface area contributed by atoms with E-state index in [-0.39, 0.29) is 13.2 Å². The van der Waals surface area contributed by atoms with Gasteiger partial charge in [-0.15, -0.1) is 13.2 Å². The minimum atomic E-state index is -4.66. The first-order chi connectivity index (χ1) is 9.51. The Morgan fingerprint density at radius 1 is 1.00 bits per heavy atom. The smallest absolute Gasteiger partial charge is 0.491 e. The number of alkyl halides is 3. The number of fused-ring (bicyclic) bond motifs is 1. The van der Waals surface area contributed by atoms with Gasteiger partial charge in [0.25, 0.3) is 0 Å². The molecule has 0 atom stereocenters. The molecular weight excluding hydrogens is 273 g/mol. The van der Waals surface area contributed by atoms with E-state index in [1.807, 2.05) is 24.3 Å². The normalized spacial score (nSPS) is 11.8. The summed E-state index contributed by atoms with van der Waals surface area (Å²) in [6, 6.07) is 10.8. The average molecular weight is 286 g/mol. The Morgan fingerprint density at radius 3 is 2.45 bits per heavy atom. The predicted molar refractivity (Wildman–Crippen MR) is 67.4 cm³/mol. The van der Waals surface area contributed by atoms with Gasteiger partial charge in [-0.05, 0) is 16.8 Å². The Labute approximate surface area is 113 Å². The lowest BCUT2D eigenvalue weighted by Gasteiger charge is -2.13. The zero-order valence-corrected chi connectivity index (χ0v) is 10.5. The molecule has 0 bridgehead atoms. The molecule has 1 N–H and O–H groups in total. The lowest BCUT2D eigenvalue weighted by atomic mass is 10.0. The van der Waals surface area contributed by atoms with Gasteiger partial charge in [-0.2, -0.15) is 0 Å². The van der Waals surface area contributed by atoms with Crippen molar-refractivity contribution in [2.24, 2.45) is 0 Å². The molecule has 6 heteroatoms. The van der Waals surface area contributed by atoms with Crippen LogP contribution < -0.4 is 4.74 Å². The number of benzene rings is 2. The highest BCUT2D eigenvalue weighted by Crippen LogP contribution is 2.28. The monoisotopic (exact) mass is 286 g/mol. The number of halogens is 3. The third-order valence-corrected chi connectivity index (χ3v) is 2.76. The minimum absolute atomic E-state index is 0.245. The number of aliphatic hydroxyl groups excluding tert-OH is 1. The van der Waals surface area contributed by atoms with Gasteiger partial charge in [0.2, 0.25) is 0 Å². The molecule has 108 valence electrons. The third kappa shape index (κ3) is 3.61. The highest BCUT2D eigenvalue weighted by Gasteiger charge is 2.28. The Morgan fingerprint density at radius 2 is 1.75 bits per heavy atom. The van der Waals surface area contributed by atoms with Crippen LogP contribution in [0.15, 0.2) is 36.4 Å². The fourth-order valence-electron chi connectivity index (χ4n) is 1.92. The molecule has 0 saturated heterocycles. The van der Waals surface area contributed by atoms with Crippen molar-refractivity contribution < 1.29 is 27.8 Å². The number of hydrogen-bond donors (Lipinski definition) is 1. The van der Waals surface area contributed by atoms with Crippen molar-refractivity contribution in [2.45, 2.75) is 13.0 Å². The van der Waals surface area contributed by atoms with Crippen LogP contribution in [0.3, 0.4) is 0 Å². The van der Waals surface area contributed by atoms with Crippen molar-refractivity contribution in [2.75, 3.05) is 13.2 Å². The first kappa shape index (κ1) is 14.6. The van der Waals surface area contributed by atoms with E-state index in [1.165, 1.54) is 0 Å². The quantitative estimate of drug-likeness (QED) is 0.857. The maximum atomic E-state index is 11.8. The van der Waals surface area contributed by atoms with Crippen LogP contribution in [-0.4, -0.2) is 24.7 Å². The topological polar surface area (TPSA) is 38.7 Å². The molecule has 2 aromatic rings. The van der Waals surface area contributed by atoms with Crippen LogP contribution in [0.2, 0.25) is 0 Å². The Bertz CT molecular complexity index is 581. The first-order valence-electron chi connectivity index (χ1n) is 5.96. The Kier molecular flexibility index (Phi) is 4.46. The zero-order valence-electron chi connectivity index (χ0n) is 10.5. The molecule has 0 saturated carbocycles. The molecule has 0 unspecified atom stereocenters. The first-order valence-corrected chi connectivity index (χ1v) is 5.96. The fraction of sp³-hybridized carbons (Fsp3) is 0.286. The second-order valence-corrected chi connectivity index (χ2v) is 4.06. The maximum Gasteiger partial charge on any atom is 0.522 e. The third-order valence-electron chi connectivity index (χ3n) is 2.76. The average Bonchev–Trinajstić information content (AvgIpc) is 2.42. The van der Waals surface area contributed by atoms with Gasteiger partial charge >= 0.3 is 6.36 Å². The summed E-state index contributed by atoms with van der Waals surface area (Å²) in [5.74, 6) is 0.358.